The van der Waals surface area contributed by atoms with E-state index in [1.807, 2.05) is 0 Å². The summed E-state index contributed by atoms with van der Waals surface area (Å²) >= 11 is 3.68. The third-order valence-corrected chi connectivity index (χ3v) is 7.52. The van der Waals surface area contributed by atoms with Gasteiger partial charge in [-0.05, 0) is 48.2 Å². The number of nitrogens with zero attached hydrogens (tertiary/aromatic N) is 1. The number of hydrogen-bond acceptors (Lipinski definition) is 0. The van der Waals surface area contributed by atoms with E-state index in [9.17, 15) is 0 Å². The first-order chi connectivity index (χ1) is 11.9. The maximum Gasteiger partial charge on any atom is 0.0529 e. The predicted octanol–water partition coefficient (Wildman–Crippen LogP) is 6.96. The van der Waals surface area contributed by atoms with Crippen molar-refractivity contribution in [2.45, 2.75) is 51.5 Å². The summed E-state index contributed by atoms with van der Waals surface area (Å²) < 4.78 is 3.79. The molecule has 130 valence electrons. The van der Waals surface area contributed by atoms with Crippen molar-refractivity contribution in [1.82, 2.24) is 4.57 Å². The largest absolute Gasteiger partial charge is 0.341 e. The van der Waals surface area contributed by atoms with Gasteiger partial charge in [-0.15, -0.1) is 0 Å². The highest BCUT2D eigenvalue weighted by molar-refractivity contribution is 9.10. The molecule has 0 amide bonds. The Morgan fingerprint density at radius 1 is 1.16 bits per heavy atom. The van der Waals surface area contributed by atoms with Crippen LogP contribution in [0.1, 0.15) is 24.1 Å². The van der Waals surface area contributed by atoms with Crippen LogP contribution in [0.4, 0.5) is 0 Å². The average molecular weight is 412 g/mol. The maximum atomic E-state index is 3.68. The molecular formula is C22H26BrNSi. The molecule has 0 radical (unpaired) electrons. The first-order valence-electron chi connectivity index (χ1n) is 9.31. The molecule has 4 rings (SSSR count). The Hall–Kier alpha value is -1.32. The van der Waals surface area contributed by atoms with Gasteiger partial charge in [-0.3, -0.25) is 0 Å². The normalized spacial score (nSPS) is 17.0. The van der Waals surface area contributed by atoms with Crippen LogP contribution in [-0.4, -0.2) is 12.6 Å². The number of aryl methyl sites for hydroxylation is 1. The van der Waals surface area contributed by atoms with Crippen molar-refractivity contribution >= 4 is 40.5 Å². The Kier molecular flexibility index (Phi) is 4.41. The summed E-state index contributed by atoms with van der Waals surface area (Å²) in [6, 6.07) is 8.12. The summed E-state index contributed by atoms with van der Waals surface area (Å²) in [5, 5.41) is 1.43. The molecule has 2 aliphatic rings. The predicted molar refractivity (Wildman–Crippen MR) is 116 cm³/mol. The monoisotopic (exact) mass is 411 g/mol. The summed E-state index contributed by atoms with van der Waals surface area (Å²) in [5.41, 5.74) is 7.38. The number of allylic oxidation sites excluding steroid dienone is 6. The number of hydrogen-bond donors (Lipinski definition) is 0. The van der Waals surface area contributed by atoms with Crippen molar-refractivity contribution in [2.75, 3.05) is 0 Å². The lowest BCUT2D eigenvalue weighted by Crippen LogP contribution is -2.22. The van der Waals surface area contributed by atoms with Crippen molar-refractivity contribution in [3.63, 3.8) is 0 Å². The summed E-state index contributed by atoms with van der Waals surface area (Å²) in [6.45, 7) is 8.55. The minimum absolute atomic E-state index is 1.08. The topological polar surface area (TPSA) is 4.93 Å². The van der Waals surface area contributed by atoms with Crippen molar-refractivity contribution in [3.05, 3.63) is 63.8 Å². The van der Waals surface area contributed by atoms with Gasteiger partial charge in [0.15, 0.2) is 0 Å². The molecule has 0 bridgehead atoms. The highest BCUT2D eigenvalue weighted by Gasteiger charge is 2.29. The van der Waals surface area contributed by atoms with Gasteiger partial charge in [0.25, 0.3) is 0 Å². The summed E-state index contributed by atoms with van der Waals surface area (Å²) in [6.07, 6.45) is 12.8. The molecule has 0 saturated heterocycles. The Bertz CT molecular complexity index is 922. The SMILES string of the molecule is C[Si](C)(C)CCn1c2c(c3cc(Br)ccc31)CC1=CCCC=CC=C12. The standard InChI is InChI=1S/C22H26BrNSi/c1-25(2,3)13-12-24-21-11-10-17(23)15-19(21)20-14-16-8-6-4-5-7-9-18(16)22(20)24/h5,7-11,15H,4,6,12-14H2,1-3H3. The van der Waals surface area contributed by atoms with Crippen LogP contribution in [0.5, 0.6) is 0 Å². The number of aromatic nitrogens is 1. The van der Waals surface area contributed by atoms with Gasteiger partial charge in [0, 0.05) is 42.0 Å². The molecule has 0 saturated carbocycles. The van der Waals surface area contributed by atoms with Gasteiger partial charge < -0.3 is 4.57 Å². The molecular weight excluding hydrogens is 386 g/mol. The molecule has 0 aliphatic heterocycles. The van der Waals surface area contributed by atoms with Gasteiger partial charge in [0.05, 0.1) is 5.69 Å². The minimum atomic E-state index is -1.08. The van der Waals surface area contributed by atoms with E-state index < -0.39 is 8.07 Å². The third kappa shape index (κ3) is 3.24. The lowest BCUT2D eigenvalue weighted by molar-refractivity contribution is 0.774. The second-order valence-corrected chi connectivity index (χ2v) is 15.0. The summed E-state index contributed by atoms with van der Waals surface area (Å²) in [7, 11) is -1.08. The molecule has 1 heterocycles. The first-order valence-corrected chi connectivity index (χ1v) is 13.8. The van der Waals surface area contributed by atoms with Crippen molar-refractivity contribution in [3.8, 4) is 0 Å². The zero-order chi connectivity index (χ0) is 17.6. The third-order valence-electron chi connectivity index (χ3n) is 5.31. The fourth-order valence-electron chi connectivity index (χ4n) is 3.98. The number of rotatable bonds is 3. The zero-order valence-electron chi connectivity index (χ0n) is 15.4. The van der Waals surface area contributed by atoms with Crippen LogP contribution >= 0.6 is 15.9 Å². The number of benzene rings is 1. The van der Waals surface area contributed by atoms with Crippen LogP contribution in [0.3, 0.4) is 0 Å². The first kappa shape index (κ1) is 17.1. The molecule has 25 heavy (non-hydrogen) atoms. The molecule has 0 fully saturated rings. The van der Waals surface area contributed by atoms with Crippen LogP contribution in [0, 0.1) is 0 Å². The van der Waals surface area contributed by atoms with Crippen molar-refractivity contribution < 1.29 is 0 Å². The van der Waals surface area contributed by atoms with Crippen LogP contribution < -0.4 is 0 Å². The quantitative estimate of drug-likeness (QED) is 0.480. The van der Waals surface area contributed by atoms with E-state index in [2.05, 4.69) is 82.6 Å². The fourth-order valence-corrected chi connectivity index (χ4v) is 5.24. The molecule has 2 aromatic rings. The van der Waals surface area contributed by atoms with Gasteiger partial charge in [-0.2, -0.15) is 0 Å². The van der Waals surface area contributed by atoms with Crippen molar-refractivity contribution in [2.24, 2.45) is 0 Å². The van der Waals surface area contributed by atoms with Crippen molar-refractivity contribution in [1.29, 1.82) is 0 Å². The summed E-state index contributed by atoms with van der Waals surface area (Å²) in [4.78, 5) is 0. The van der Waals surface area contributed by atoms with E-state index in [1.165, 1.54) is 43.8 Å². The maximum absolute atomic E-state index is 3.68. The highest BCUT2D eigenvalue weighted by atomic mass is 79.9. The lowest BCUT2D eigenvalue weighted by Gasteiger charge is -2.19. The van der Waals surface area contributed by atoms with Gasteiger partial charge in [-0.1, -0.05) is 59.9 Å². The highest BCUT2D eigenvalue weighted by Crippen LogP contribution is 2.44. The average Bonchev–Trinajstić information content (AvgIpc) is 2.99. The van der Waals surface area contributed by atoms with E-state index in [4.69, 9.17) is 0 Å². The lowest BCUT2D eigenvalue weighted by atomic mass is 10.0. The van der Waals surface area contributed by atoms with Gasteiger partial charge in [-0.25, -0.2) is 0 Å². The Balaban J connectivity index is 1.92. The molecule has 1 aromatic heterocycles. The van der Waals surface area contributed by atoms with E-state index in [0.717, 1.165) is 25.8 Å². The fraction of sp³-hybridized carbons (Fsp3) is 0.364. The number of fused-ring (bicyclic) bond motifs is 5. The molecule has 0 N–H and O–H groups in total. The van der Waals surface area contributed by atoms with E-state index in [-0.39, 0.29) is 0 Å². The molecule has 1 aromatic carbocycles. The molecule has 3 heteroatoms. The van der Waals surface area contributed by atoms with E-state index in [1.54, 1.807) is 0 Å². The molecule has 2 aliphatic carbocycles. The van der Waals surface area contributed by atoms with Crippen LogP contribution in [0.25, 0.3) is 16.5 Å². The summed E-state index contributed by atoms with van der Waals surface area (Å²) in [5.74, 6) is 0. The van der Waals surface area contributed by atoms with Gasteiger partial charge in [0.1, 0.15) is 0 Å². The second kappa shape index (κ2) is 6.44. The zero-order valence-corrected chi connectivity index (χ0v) is 18.0. The van der Waals surface area contributed by atoms with Gasteiger partial charge in [0.2, 0.25) is 0 Å². The Morgan fingerprint density at radius 2 is 2.00 bits per heavy atom. The molecule has 0 atom stereocenters. The Morgan fingerprint density at radius 3 is 2.80 bits per heavy atom. The molecule has 0 unspecified atom stereocenters. The van der Waals surface area contributed by atoms with E-state index in [0.29, 0.717) is 0 Å². The van der Waals surface area contributed by atoms with E-state index >= 15 is 0 Å². The molecule has 1 nitrogen and oxygen atoms in total. The second-order valence-electron chi connectivity index (χ2n) is 8.44. The van der Waals surface area contributed by atoms with Gasteiger partial charge >= 0.3 is 0 Å². The van der Waals surface area contributed by atoms with Crippen LogP contribution in [0.2, 0.25) is 25.7 Å². The Labute approximate surface area is 160 Å². The minimum Gasteiger partial charge on any atom is -0.341 e. The smallest absolute Gasteiger partial charge is 0.0529 e. The molecule has 0 spiro atoms. The van der Waals surface area contributed by atoms with Crippen LogP contribution in [0.15, 0.2) is 52.5 Å². The van der Waals surface area contributed by atoms with Crippen LogP contribution in [-0.2, 0) is 13.0 Å². The number of halogens is 1.